The molecule has 0 saturated carbocycles. The van der Waals surface area contributed by atoms with Crippen molar-refractivity contribution in [2.45, 2.75) is 18.9 Å². The van der Waals surface area contributed by atoms with Gasteiger partial charge in [0, 0.05) is 33.2 Å². The van der Waals surface area contributed by atoms with Gasteiger partial charge in [0.25, 0.3) is 5.91 Å². The van der Waals surface area contributed by atoms with Gasteiger partial charge >= 0.3 is 0 Å². The summed E-state index contributed by atoms with van der Waals surface area (Å²) in [6.07, 6.45) is 2.34. The molecule has 1 aromatic heterocycles. The highest BCUT2D eigenvalue weighted by molar-refractivity contribution is 5.91. The average molecular weight is 263 g/mol. The minimum atomic E-state index is -0.120. The molecule has 0 aliphatic carbocycles. The molecule has 1 atom stereocenters. The Balaban J connectivity index is 2.07. The van der Waals surface area contributed by atoms with E-state index in [4.69, 9.17) is 0 Å². The van der Waals surface area contributed by atoms with Crippen molar-refractivity contribution >= 4 is 11.7 Å². The molecule has 6 nitrogen and oxygen atoms in total. The number of piperidine rings is 1. The third-order valence-corrected chi connectivity index (χ3v) is 3.43. The van der Waals surface area contributed by atoms with Gasteiger partial charge < -0.3 is 15.1 Å². The first kappa shape index (κ1) is 13.7. The minimum absolute atomic E-state index is 0.120. The Bertz CT molecular complexity index is 431. The third kappa shape index (κ3) is 3.20. The second kappa shape index (κ2) is 5.97. The molecule has 1 fully saturated rings. The summed E-state index contributed by atoms with van der Waals surface area (Å²) < 4.78 is 0. The Kier molecular flexibility index (Phi) is 4.31. The molecule has 2 rings (SSSR count). The van der Waals surface area contributed by atoms with Gasteiger partial charge in [-0.2, -0.15) is 0 Å². The number of carbonyl (C=O) groups is 1. The summed E-state index contributed by atoms with van der Waals surface area (Å²) in [5.74, 6) is 0.723. The lowest BCUT2D eigenvalue weighted by Crippen LogP contribution is -2.44. The predicted molar refractivity (Wildman–Crippen MR) is 74.3 cm³/mol. The number of rotatable bonds is 3. The van der Waals surface area contributed by atoms with E-state index < -0.39 is 0 Å². The molecule has 1 unspecified atom stereocenters. The molecular formula is C13H21N5O. The topological polar surface area (TPSA) is 61.4 Å². The van der Waals surface area contributed by atoms with E-state index in [0.29, 0.717) is 11.7 Å². The molecular weight excluding hydrogens is 242 g/mol. The molecule has 1 saturated heterocycles. The van der Waals surface area contributed by atoms with Gasteiger partial charge in [-0.15, -0.1) is 10.2 Å². The van der Waals surface area contributed by atoms with Crippen molar-refractivity contribution in [3.63, 3.8) is 0 Å². The van der Waals surface area contributed by atoms with Gasteiger partial charge in [0.05, 0.1) is 0 Å². The van der Waals surface area contributed by atoms with E-state index in [1.807, 2.05) is 13.1 Å². The number of nitrogens with zero attached hydrogens (tertiary/aromatic N) is 4. The summed E-state index contributed by atoms with van der Waals surface area (Å²) in [4.78, 5) is 15.4. The average Bonchev–Trinajstić information content (AvgIpc) is 2.46. The molecule has 1 N–H and O–H groups in total. The summed E-state index contributed by atoms with van der Waals surface area (Å²) in [6, 6.07) is 4.12. The Morgan fingerprint density at radius 1 is 1.42 bits per heavy atom. The maximum Gasteiger partial charge on any atom is 0.273 e. The summed E-state index contributed by atoms with van der Waals surface area (Å²) in [5, 5.41) is 11.5. The third-order valence-electron chi connectivity index (χ3n) is 3.43. The molecule has 0 bridgehead atoms. The number of nitrogens with one attached hydrogen (secondary N) is 1. The summed E-state index contributed by atoms with van der Waals surface area (Å²) in [7, 11) is 5.40. The Labute approximate surface area is 113 Å². The van der Waals surface area contributed by atoms with E-state index in [1.54, 1.807) is 20.2 Å². The second-order valence-corrected chi connectivity index (χ2v) is 5.05. The molecule has 104 valence electrons. The van der Waals surface area contributed by atoms with Crippen LogP contribution in [0.15, 0.2) is 12.1 Å². The highest BCUT2D eigenvalue weighted by Crippen LogP contribution is 2.17. The van der Waals surface area contributed by atoms with Crippen molar-refractivity contribution in [2.24, 2.45) is 0 Å². The van der Waals surface area contributed by atoms with Gasteiger partial charge in [0.15, 0.2) is 11.5 Å². The molecule has 1 aliphatic rings. The summed E-state index contributed by atoms with van der Waals surface area (Å²) in [6.45, 7) is 1.93. The van der Waals surface area contributed by atoms with E-state index in [0.717, 1.165) is 25.3 Å². The number of hydrogen-bond donors (Lipinski definition) is 1. The first-order valence-corrected chi connectivity index (χ1v) is 6.59. The number of hydrogen-bond acceptors (Lipinski definition) is 5. The Morgan fingerprint density at radius 2 is 2.21 bits per heavy atom. The van der Waals surface area contributed by atoms with Gasteiger partial charge in [0.2, 0.25) is 0 Å². The lowest BCUT2D eigenvalue weighted by molar-refractivity contribution is 0.0821. The van der Waals surface area contributed by atoms with Crippen LogP contribution in [0, 0.1) is 0 Å². The van der Waals surface area contributed by atoms with Crippen LogP contribution in [0.25, 0.3) is 0 Å². The van der Waals surface area contributed by atoms with E-state index in [1.165, 1.54) is 11.3 Å². The molecule has 6 heteroatoms. The number of aromatic nitrogens is 2. The normalized spacial score (nSPS) is 19.3. The fourth-order valence-electron chi connectivity index (χ4n) is 2.26. The Hall–Kier alpha value is -1.69. The van der Waals surface area contributed by atoms with Crippen molar-refractivity contribution in [3.8, 4) is 0 Å². The van der Waals surface area contributed by atoms with E-state index >= 15 is 0 Å². The zero-order chi connectivity index (χ0) is 13.8. The maximum absolute atomic E-state index is 11.7. The molecule has 19 heavy (non-hydrogen) atoms. The second-order valence-electron chi connectivity index (χ2n) is 5.05. The number of carbonyl (C=O) groups excluding carboxylic acids is 1. The largest absolute Gasteiger partial charge is 0.354 e. The van der Waals surface area contributed by atoms with E-state index in [-0.39, 0.29) is 5.91 Å². The van der Waals surface area contributed by atoms with Crippen molar-refractivity contribution in [1.82, 2.24) is 20.4 Å². The standard InChI is InChI=1S/C13H21N5O/c1-14-10-5-4-8-18(9-10)12-7-6-11(15-16-12)13(19)17(2)3/h6-7,10,14H,4-5,8-9H2,1-3H3. The van der Waals surface area contributed by atoms with Crippen LogP contribution in [0.3, 0.4) is 0 Å². The van der Waals surface area contributed by atoms with Gasteiger partial charge in [-0.3, -0.25) is 4.79 Å². The lowest BCUT2D eigenvalue weighted by Gasteiger charge is -2.33. The number of amides is 1. The molecule has 1 amide bonds. The van der Waals surface area contributed by atoms with Crippen LogP contribution >= 0.6 is 0 Å². The maximum atomic E-state index is 11.7. The first-order valence-electron chi connectivity index (χ1n) is 6.59. The molecule has 2 heterocycles. The molecule has 0 aromatic carbocycles. The van der Waals surface area contributed by atoms with Crippen LogP contribution < -0.4 is 10.2 Å². The molecule has 1 aliphatic heterocycles. The quantitative estimate of drug-likeness (QED) is 0.853. The van der Waals surface area contributed by atoms with Crippen molar-refractivity contribution in [2.75, 3.05) is 39.1 Å². The van der Waals surface area contributed by atoms with Crippen LogP contribution in [0.5, 0.6) is 0 Å². The molecule has 0 spiro atoms. The van der Waals surface area contributed by atoms with Crippen LogP contribution in [-0.2, 0) is 0 Å². The van der Waals surface area contributed by atoms with Gasteiger partial charge in [-0.1, -0.05) is 0 Å². The van der Waals surface area contributed by atoms with E-state index in [9.17, 15) is 4.79 Å². The highest BCUT2D eigenvalue weighted by atomic mass is 16.2. The van der Waals surface area contributed by atoms with Crippen LogP contribution in [0.2, 0.25) is 0 Å². The number of anilines is 1. The minimum Gasteiger partial charge on any atom is -0.354 e. The van der Waals surface area contributed by atoms with Crippen molar-refractivity contribution in [3.05, 3.63) is 17.8 Å². The Morgan fingerprint density at radius 3 is 2.79 bits per heavy atom. The zero-order valence-corrected chi connectivity index (χ0v) is 11.8. The summed E-state index contributed by atoms with van der Waals surface area (Å²) >= 11 is 0. The predicted octanol–water partition coefficient (Wildman–Crippen LogP) is 0.367. The van der Waals surface area contributed by atoms with Gasteiger partial charge in [-0.05, 0) is 32.0 Å². The number of likely N-dealkylation sites (N-methyl/N-ethyl adjacent to an activating group) is 1. The summed E-state index contributed by atoms with van der Waals surface area (Å²) in [5.41, 5.74) is 0.385. The fourth-order valence-corrected chi connectivity index (χ4v) is 2.26. The van der Waals surface area contributed by atoms with Crippen LogP contribution in [0.1, 0.15) is 23.3 Å². The smallest absolute Gasteiger partial charge is 0.273 e. The van der Waals surface area contributed by atoms with Crippen LogP contribution in [0.4, 0.5) is 5.82 Å². The fraction of sp³-hybridized carbons (Fsp3) is 0.615. The van der Waals surface area contributed by atoms with Crippen LogP contribution in [-0.4, -0.2) is 61.3 Å². The van der Waals surface area contributed by atoms with E-state index in [2.05, 4.69) is 20.4 Å². The van der Waals surface area contributed by atoms with Crippen molar-refractivity contribution in [1.29, 1.82) is 0 Å². The van der Waals surface area contributed by atoms with Crippen molar-refractivity contribution < 1.29 is 4.79 Å². The first-order chi connectivity index (χ1) is 9.11. The molecule has 0 radical (unpaired) electrons. The monoisotopic (exact) mass is 263 g/mol. The van der Waals surface area contributed by atoms with Gasteiger partial charge in [0.1, 0.15) is 0 Å². The zero-order valence-electron chi connectivity index (χ0n) is 11.8. The van der Waals surface area contributed by atoms with Gasteiger partial charge in [-0.25, -0.2) is 0 Å². The lowest BCUT2D eigenvalue weighted by atomic mass is 10.1. The SMILES string of the molecule is CNC1CCCN(c2ccc(C(=O)N(C)C)nn2)C1. The highest BCUT2D eigenvalue weighted by Gasteiger charge is 2.20. The molecule has 1 aromatic rings.